The maximum atomic E-state index is 5.90. The highest BCUT2D eigenvalue weighted by Gasteiger charge is 2.10. The highest BCUT2D eigenvalue weighted by molar-refractivity contribution is 5.79. The Bertz CT molecular complexity index is 971. The summed E-state index contributed by atoms with van der Waals surface area (Å²) in [5, 5.41) is 10.6. The smallest absolute Gasteiger partial charge is 0.276 e. The molecule has 2 aromatic heterocycles. The summed E-state index contributed by atoms with van der Waals surface area (Å²) in [5.41, 5.74) is 2.91. The van der Waals surface area contributed by atoms with Crippen molar-refractivity contribution < 1.29 is 9.26 Å². The number of benzene rings is 1. The molecule has 164 valence electrons. The first-order chi connectivity index (χ1) is 15.2. The Balaban J connectivity index is 1.58. The number of pyridine rings is 1. The van der Waals surface area contributed by atoms with E-state index in [0.29, 0.717) is 43.5 Å². The van der Waals surface area contributed by atoms with Gasteiger partial charge in [-0.1, -0.05) is 30.3 Å². The van der Waals surface area contributed by atoms with Crippen molar-refractivity contribution in [3.05, 3.63) is 59.5 Å². The van der Waals surface area contributed by atoms with Crippen LogP contribution in [0, 0.1) is 6.92 Å². The van der Waals surface area contributed by atoms with E-state index in [2.05, 4.69) is 57.8 Å². The van der Waals surface area contributed by atoms with E-state index in [-0.39, 0.29) is 0 Å². The zero-order chi connectivity index (χ0) is 21.9. The molecule has 8 heteroatoms. The summed E-state index contributed by atoms with van der Waals surface area (Å²) in [5.74, 6) is 2.68. The number of ether oxygens (including phenoxy) is 1. The Morgan fingerprint density at radius 1 is 1.16 bits per heavy atom. The minimum atomic E-state index is 0.426. The summed E-state index contributed by atoms with van der Waals surface area (Å²) in [7, 11) is 0. The van der Waals surface area contributed by atoms with Crippen LogP contribution in [0.2, 0.25) is 0 Å². The first-order valence-electron chi connectivity index (χ1n) is 10.7. The number of hydrogen-bond acceptors (Lipinski definition) is 6. The Labute approximate surface area is 183 Å². The normalized spacial score (nSPS) is 11.4. The molecule has 3 aromatic rings. The van der Waals surface area contributed by atoms with E-state index < -0.39 is 0 Å². The lowest BCUT2D eigenvalue weighted by molar-refractivity contribution is 0.314. The lowest BCUT2D eigenvalue weighted by Gasteiger charge is -2.13. The topological polar surface area (TPSA) is 97.5 Å². The number of aryl methyl sites for hydroxylation is 1. The van der Waals surface area contributed by atoms with Gasteiger partial charge in [-0.2, -0.15) is 4.98 Å². The average molecular weight is 423 g/mol. The number of aliphatic imine (C=N–C) groups is 1. The van der Waals surface area contributed by atoms with Gasteiger partial charge in [-0.25, -0.2) is 4.99 Å². The van der Waals surface area contributed by atoms with Crippen LogP contribution in [0.25, 0.3) is 11.6 Å². The minimum absolute atomic E-state index is 0.426. The van der Waals surface area contributed by atoms with Crippen molar-refractivity contribution in [1.29, 1.82) is 0 Å². The quantitative estimate of drug-likeness (QED) is 0.381. The largest absolute Gasteiger partial charge is 0.493 e. The minimum Gasteiger partial charge on any atom is -0.493 e. The predicted octanol–water partition coefficient (Wildman–Crippen LogP) is 3.53. The molecule has 0 aliphatic rings. The van der Waals surface area contributed by atoms with Crippen molar-refractivity contribution in [2.75, 3.05) is 19.7 Å². The van der Waals surface area contributed by atoms with Crippen LogP contribution >= 0.6 is 0 Å². The second kappa shape index (κ2) is 11.7. The number of guanidine groups is 1. The summed E-state index contributed by atoms with van der Waals surface area (Å²) in [6.07, 6.45) is 3.28. The standard InChI is InChI=1S/C23H30N6O2/c1-4-14-30-20-15-17(3)9-10-18(20)16-27-23(24-5-2)26-13-11-21-28-22(31-29-21)19-8-6-7-12-25-19/h6-10,12,15H,4-5,11,13-14,16H2,1-3H3,(H2,24,26,27). The molecule has 0 bridgehead atoms. The lowest BCUT2D eigenvalue weighted by Crippen LogP contribution is -2.38. The van der Waals surface area contributed by atoms with Crippen LogP contribution in [-0.4, -0.2) is 40.8 Å². The number of rotatable bonds is 10. The SMILES string of the molecule is CCCOc1cc(C)ccc1CN=C(NCC)NCCc1noc(-c2ccccn2)n1. The molecule has 0 spiro atoms. The van der Waals surface area contributed by atoms with Gasteiger partial charge in [-0.3, -0.25) is 4.98 Å². The number of nitrogens with one attached hydrogen (secondary N) is 2. The Kier molecular flexibility index (Phi) is 8.39. The van der Waals surface area contributed by atoms with Crippen LogP contribution in [-0.2, 0) is 13.0 Å². The third kappa shape index (κ3) is 6.80. The summed E-state index contributed by atoms with van der Waals surface area (Å²) in [6, 6.07) is 11.8. The molecule has 0 atom stereocenters. The molecule has 8 nitrogen and oxygen atoms in total. The molecule has 0 aliphatic carbocycles. The highest BCUT2D eigenvalue weighted by Crippen LogP contribution is 2.21. The van der Waals surface area contributed by atoms with Crippen LogP contribution < -0.4 is 15.4 Å². The van der Waals surface area contributed by atoms with Crippen molar-refractivity contribution in [3.63, 3.8) is 0 Å². The third-order valence-corrected chi connectivity index (χ3v) is 4.43. The van der Waals surface area contributed by atoms with Crippen molar-refractivity contribution >= 4 is 5.96 Å². The van der Waals surface area contributed by atoms with E-state index in [0.717, 1.165) is 30.2 Å². The molecule has 0 saturated carbocycles. The van der Waals surface area contributed by atoms with Gasteiger partial charge in [0.15, 0.2) is 11.8 Å². The average Bonchev–Trinajstić information content (AvgIpc) is 3.26. The van der Waals surface area contributed by atoms with E-state index >= 15 is 0 Å². The Morgan fingerprint density at radius 3 is 2.84 bits per heavy atom. The molecule has 0 radical (unpaired) electrons. The number of aromatic nitrogens is 3. The summed E-state index contributed by atoms with van der Waals surface area (Å²) >= 11 is 0. The maximum Gasteiger partial charge on any atom is 0.276 e. The molecular weight excluding hydrogens is 392 g/mol. The molecule has 1 aromatic carbocycles. The first kappa shape index (κ1) is 22.3. The molecule has 2 N–H and O–H groups in total. The second-order valence-corrected chi connectivity index (χ2v) is 7.06. The molecule has 3 rings (SSSR count). The summed E-state index contributed by atoms with van der Waals surface area (Å²) in [4.78, 5) is 13.3. The van der Waals surface area contributed by atoms with Gasteiger partial charge < -0.3 is 19.9 Å². The van der Waals surface area contributed by atoms with Gasteiger partial charge >= 0.3 is 0 Å². The van der Waals surface area contributed by atoms with Gasteiger partial charge in [0.25, 0.3) is 5.89 Å². The van der Waals surface area contributed by atoms with Gasteiger partial charge in [0.05, 0.1) is 13.2 Å². The van der Waals surface area contributed by atoms with Crippen molar-refractivity contribution in [2.45, 2.75) is 40.2 Å². The molecule has 31 heavy (non-hydrogen) atoms. The third-order valence-electron chi connectivity index (χ3n) is 4.43. The molecule has 0 unspecified atom stereocenters. The number of hydrogen-bond donors (Lipinski definition) is 2. The van der Waals surface area contributed by atoms with E-state index in [4.69, 9.17) is 14.3 Å². The van der Waals surface area contributed by atoms with E-state index in [9.17, 15) is 0 Å². The fourth-order valence-electron chi connectivity index (χ4n) is 2.89. The fraction of sp³-hybridized carbons (Fsp3) is 0.391. The fourth-order valence-corrected chi connectivity index (χ4v) is 2.89. The molecular formula is C23H30N6O2. The molecule has 0 fully saturated rings. The van der Waals surface area contributed by atoms with Gasteiger partial charge in [0.2, 0.25) is 0 Å². The predicted molar refractivity (Wildman–Crippen MR) is 121 cm³/mol. The van der Waals surface area contributed by atoms with Crippen LogP contribution in [0.5, 0.6) is 5.75 Å². The van der Waals surface area contributed by atoms with Crippen LogP contribution in [0.3, 0.4) is 0 Å². The van der Waals surface area contributed by atoms with Gasteiger partial charge in [-0.15, -0.1) is 0 Å². The van der Waals surface area contributed by atoms with Gasteiger partial charge in [0, 0.05) is 31.3 Å². The number of nitrogens with zero attached hydrogens (tertiary/aromatic N) is 4. The zero-order valence-corrected chi connectivity index (χ0v) is 18.4. The second-order valence-electron chi connectivity index (χ2n) is 7.06. The van der Waals surface area contributed by atoms with E-state index in [1.165, 1.54) is 5.56 Å². The zero-order valence-electron chi connectivity index (χ0n) is 18.4. The molecule has 0 aliphatic heterocycles. The Morgan fingerprint density at radius 2 is 2.06 bits per heavy atom. The van der Waals surface area contributed by atoms with Crippen molar-refractivity contribution in [1.82, 2.24) is 25.8 Å². The van der Waals surface area contributed by atoms with Crippen LogP contribution in [0.15, 0.2) is 52.1 Å². The summed E-state index contributed by atoms with van der Waals surface area (Å²) in [6.45, 7) is 8.82. The molecule has 0 amide bonds. The van der Waals surface area contributed by atoms with Crippen LogP contribution in [0.4, 0.5) is 0 Å². The monoisotopic (exact) mass is 422 g/mol. The maximum absolute atomic E-state index is 5.90. The summed E-state index contributed by atoms with van der Waals surface area (Å²) < 4.78 is 11.2. The Hall–Kier alpha value is -3.42. The molecule has 0 saturated heterocycles. The van der Waals surface area contributed by atoms with E-state index in [1.54, 1.807) is 6.20 Å². The van der Waals surface area contributed by atoms with E-state index in [1.807, 2.05) is 25.1 Å². The lowest BCUT2D eigenvalue weighted by atomic mass is 10.1. The first-order valence-corrected chi connectivity index (χ1v) is 10.7. The molecule has 2 heterocycles. The van der Waals surface area contributed by atoms with Crippen molar-refractivity contribution in [3.8, 4) is 17.3 Å². The van der Waals surface area contributed by atoms with Gasteiger partial charge in [-0.05, 0) is 44.0 Å². The van der Waals surface area contributed by atoms with Crippen molar-refractivity contribution in [2.24, 2.45) is 4.99 Å². The van der Waals surface area contributed by atoms with Crippen LogP contribution in [0.1, 0.15) is 37.2 Å². The highest BCUT2D eigenvalue weighted by atomic mass is 16.5. The van der Waals surface area contributed by atoms with Gasteiger partial charge in [0.1, 0.15) is 11.4 Å².